The number of amides is 1. The highest BCUT2D eigenvalue weighted by Crippen LogP contribution is 2.26. The van der Waals surface area contributed by atoms with Gasteiger partial charge in [-0.15, -0.1) is 11.8 Å². The standard InChI is InChI=1S/C17H16BrClN2OS/c1-2-23-16-8-7-15(19)9-13(16)10-17(22)21-20-11-12-3-5-14(18)6-4-12/h3-9,11H,2,10H2,1H3,(H,21,22)/b20-11-. The Morgan fingerprint density at radius 2 is 2.04 bits per heavy atom. The largest absolute Gasteiger partial charge is 0.273 e. The number of carbonyl (C=O) groups excluding carboxylic acids is 1. The molecule has 0 aliphatic rings. The molecule has 0 unspecified atom stereocenters. The molecule has 0 atom stereocenters. The molecule has 0 aliphatic carbocycles. The van der Waals surface area contributed by atoms with E-state index in [0.717, 1.165) is 26.2 Å². The third kappa shape index (κ3) is 6.01. The Balaban J connectivity index is 1.97. The summed E-state index contributed by atoms with van der Waals surface area (Å²) in [5.74, 6) is 0.774. The predicted molar refractivity (Wildman–Crippen MR) is 101 cm³/mol. The molecule has 6 heteroatoms. The summed E-state index contributed by atoms with van der Waals surface area (Å²) in [5.41, 5.74) is 4.38. The molecule has 0 saturated heterocycles. The van der Waals surface area contributed by atoms with Gasteiger partial charge in [0, 0.05) is 14.4 Å². The van der Waals surface area contributed by atoms with Gasteiger partial charge in [-0.05, 0) is 47.2 Å². The number of nitrogens with zero attached hydrogens (tertiary/aromatic N) is 1. The van der Waals surface area contributed by atoms with Crippen LogP contribution in [-0.2, 0) is 11.2 Å². The summed E-state index contributed by atoms with van der Waals surface area (Å²) in [7, 11) is 0. The Bertz CT molecular complexity index is 704. The fourth-order valence-electron chi connectivity index (χ4n) is 1.92. The second kappa shape index (κ2) is 9.11. The van der Waals surface area contributed by atoms with Gasteiger partial charge in [-0.25, -0.2) is 5.43 Å². The molecular formula is C17H16BrClN2OS. The molecule has 1 amide bonds. The fraction of sp³-hybridized carbons (Fsp3) is 0.176. The lowest BCUT2D eigenvalue weighted by molar-refractivity contribution is -0.120. The molecule has 0 bridgehead atoms. The molecule has 0 fully saturated rings. The molecular weight excluding hydrogens is 396 g/mol. The van der Waals surface area contributed by atoms with Gasteiger partial charge >= 0.3 is 0 Å². The van der Waals surface area contributed by atoms with Crippen molar-refractivity contribution in [3.63, 3.8) is 0 Å². The number of benzene rings is 2. The molecule has 0 aliphatic heterocycles. The zero-order valence-electron chi connectivity index (χ0n) is 12.6. The molecule has 120 valence electrons. The molecule has 0 heterocycles. The first-order valence-corrected chi connectivity index (χ1v) is 9.23. The van der Waals surface area contributed by atoms with Crippen molar-refractivity contribution in [2.75, 3.05) is 5.75 Å². The van der Waals surface area contributed by atoms with Gasteiger partial charge in [0.2, 0.25) is 5.91 Å². The number of hydrogen-bond donors (Lipinski definition) is 1. The van der Waals surface area contributed by atoms with Crippen LogP contribution in [0.3, 0.4) is 0 Å². The molecule has 0 saturated carbocycles. The first-order valence-electron chi connectivity index (χ1n) is 7.07. The molecule has 0 radical (unpaired) electrons. The minimum absolute atomic E-state index is 0.168. The molecule has 2 rings (SSSR count). The van der Waals surface area contributed by atoms with Crippen molar-refractivity contribution >= 4 is 51.4 Å². The average molecular weight is 412 g/mol. The number of rotatable bonds is 6. The molecule has 23 heavy (non-hydrogen) atoms. The lowest BCUT2D eigenvalue weighted by Gasteiger charge is -2.08. The van der Waals surface area contributed by atoms with Crippen molar-refractivity contribution < 1.29 is 4.79 Å². The summed E-state index contributed by atoms with van der Waals surface area (Å²) in [5, 5.41) is 4.62. The summed E-state index contributed by atoms with van der Waals surface area (Å²) in [6.07, 6.45) is 1.87. The van der Waals surface area contributed by atoms with E-state index in [0.29, 0.717) is 5.02 Å². The maximum absolute atomic E-state index is 12.0. The van der Waals surface area contributed by atoms with Crippen LogP contribution in [0.15, 0.2) is 56.9 Å². The third-order valence-corrected chi connectivity index (χ3v) is 4.71. The Morgan fingerprint density at radius 1 is 1.30 bits per heavy atom. The second-order valence-corrected chi connectivity index (χ2v) is 7.36. The highest BCUT2D eigenvalue weighted by atomic mass is 79.9. The number of hydrazone groups is 1. The summed E-state index contributed by atoms with van der Waals surface area (Å²) in [6.45, 7) is 2.08. The third-order valence-electron chi connectivity index (χ3n) is 2.95. The first kappa shape index (κ1) is 18.0. The topological polar surface area (TPSA) is 41.5 Å². The van der Waals surface area contributed by atoms with Crippen LogP contribution >= 0.6 is 39.3 Å². The zero-order valence-corrected chi connectivity index (χ0v) is 15.7. The number of halogens is 2. The van der Waals surface area contributed by atoms with Crippen LogP contribution in [0.5, 0.6) is 0 Å². The van der Waals surface area contributed by atoms with Crippen molar-refractivity contribution in [2.45, 2.75) is 18.2 Å². The van der Waals surface area contributed by atoms with E-state index in [-0.39, 0.29) is 12.3 Å². The number of carbonyl (C=O) groups is 1. The zero-order chi connectivity index (χ0) is 16.7. The maximum Gasteiger partial charge on any atom is 0.244 e. The Labute approximate surface area is 153 Å². The SMILES string of the molecule is CCSc1ccc(Cl)cc1CC(=O)N/N=C\c1ccc(Br)cc1. The van der Waals surface area contributed by atoms with Crippen molar-refractivity contribution in [1.29, 1.82) is 0 Å². The quantitative estimate of drug-likeness (QED) is 0.417. The van der Waals surface area contributed by atoms with Crippen LogP contribution in [0.4, 0.5) is 0 Å². The van der Waals surface area contributed by atoms with Gasteiger partial charge < -0.3 is 0 Å². The van der Waals surface area contributed by atoms with Crippen LogP contribution in [-0.4, -0.2) is 17.9 Å². The maximum atomic E-state index is 12.0. The van der Waals surface area contributed by atoms with Gasteiger partial charge in [0.15, 0.2) is 0 Å². The highest BCUT2D eigenvalue weighted by Gasteiger charge is 2.08. The molecule has 2 aromatic rings. The van der Waals surface area contributed by atoms with Crippen LogP contribution < -0.4 is 5.43 Å². The van der Waals surface area contributed by atoms with E-state index in [1.165, 1.54) is 0 Å². The molecule has 1 N–H and O–H groups in total. The normalized spacial score (nSPS) is 10.9. The minimum Gasteiger partial charge on any atom is -0.273 e. The first-order chi connectivity index (χ1) is 11.1. The van der Waals surface area contributed by atoms with Gasteiger partial charge in [0.25, 0.3) is 0 Å². The van der Waals surface area contributed by atoms with Crippen molar-refractivity contribution in [3.8, 4) is 0 Å². The highest BCUT2D eigenvalue weighted by molar-refractivity contribution is 9.10. The Hall–Kier alpha value is -1.30. The van der Waals surface area contributed by atoms with E-state index in [2.05, 4.69) is 33.4 Å². The summed E-state index contributed by atoms with van der Waals surface area (Å²) >= 11 is 11.1. The molecule has 0 spiro atoms. The van der Waals surface area contributed by atoms with Gasteiger partial charge in [-0.1, -0.05) is 46.6 Å². The van der Waals surface area contributed by atoms with Gasteiger partial charge in [0.05, 0.1) is 12.6 Å². The van der Waals surface area contributed by atoms with Crippen LogP contribution in [0.25, 0.3) is 0 Å². The van der Waals surface area contributed by atoms with Gasteiger partial charge in [-0.2, -0.15) is 5.10 Å². The smallest absolute Gasteiger partial charge is 0.244 e. The van der Waals surface area contributed by atoms with E-state index in [1.807, 2.05) is 42.5 Å². The predicted octanol–water partition coefficient (Wildman–Crippen LogP) is 4.91. The second-order valence-electron chi connectivity index (χ2n) is 4.71. The van der Waals surface area contributed by atoms with Crippen molar-refractivity contribution in [2.24, 2.45) is 5.10 Å². The van der Waals surface area contributed by atoms with Gasteiger partial charge in [0.1, 0.15) is 0 Å². The molecule has 0 aromatic heterocycles. The van der Waals surface area contributed by atoms with E-state index in [9.17, 15) is 4.79 Å². The van der Waals surface area contributed by atoms with Crippen molar-refractivity contribution in [1.82, 2.24) is 5.43 Å². The molecule has 2 aromatic carbocycles. The van der Waals surface area contributed by atoms with E-state index in [4.69, 9.17) is 11.6 Å². The lowest BCUT2D eigenvalue weighted by Crippen LogP contribution is -2.20. The van der Waals surface area contributed by atoms with Gasteiger partial charge in [-0.3, -0.25) is 4.79 Å². The van der Waals surface area contributed by atoms with E-state index in [1.54, 1.807) is 18.0 Å². The van der Waals surface area contributed by atoms with Crippen LogP contribution in [0.2, 0.25) is 5.02 Å². The fourth-order valence-corrected chi connectivity index (χ4v) is 3.17. The lowest BCUT2D eigenvalue weighted by atomic mass is 10.1. The van der Waals surface area contributed by atoms with Crippen LogP contribution in [0.1, 0.15) is 18.1 Å². The number of nitrogens with one attached hydrogen (secondary N) is 1. The molecule has 3 nitrogen and oxygen atoms in total. The van der Waals surface area contributed by atoms with Crippen LogP contribution in [0, 0.1) is 0 Å². The Morgan fingerprint density at radius 3 is 2.74 bits per heavy atom. The minimum atomic E-state index is -0.168. The van der Waals surface area contributed by atoms with E-state index >= 15 is 0 Å². The average Bonchev–Trinajstić information content (AvgIpc) is 2.52. The number of hydrogen-bond acceptors (Lipinski definition) is 3. The number of thioether (sulfide) groups is 1. The summed E-state index contributed by atoms with van der Waals surface area (Å²) in [6, 6.07) is 13.3. The summed E-state index contributed by atoms with van der Waals surface area (Å²) < 4.78 is 1.00. The van der Waals surface area contributed by atoms with E-state index < -0.39 is 0 Å². The monoisotopic (exact) mass is 410 g/mol. The Kier molecular flexibility index (Phi) is 7.15. The summed E-state index contributed by atoms with van der Waals surface area (Å²) in [4.78, 5) is 13.1. The van der Waals surface area contributed by atoms with Crippen molar-refractivity contribution in [3.05, 3.63) is 63.1 Å².